The number of rotatable bonds is 11. The van der Waals surface area contributed by atoms with Crippen molar-refractivity contribution in [3.8, 4) is 0 Å². The third kappa shape index (κ3) is 7.76. The molecule has 6 rings (SSSR count). The van der Waals surface area contributed by atoms with Crippen molar-refractivity contribution in [1.29, 1.82) is 0 Å². The molecule has 4 aromatic carbocycles. The van der Waals surface area contributed by atoms with E-state index in [-0.39, 0.29) is 39.9 Å². The van der Waals surface area contributed by atoms with E-state index in [1.165, 1.54) is 40.8 Å². The molecule has 1 saturated heterocycles. The number of nitrogens with zero attached hydrogens (tertiary/aromatic N) is 3. The van der Waals surface area contributed by atoms with E-state index < -0.39 is 21.7 Å². The molecule has 0 atom stereocenters. The lowest BCUT2D eigenvalue weighted by Crippen LogP contribution is -2.37. The van der Waals surface area contributed by atoms with Crippen molar-refractivity contribution in [1.82, 2.24) is 9.80 Å². The van der Waals surface area contributed by atoms with Crippen molar-refractivity contribution in [2.45, 2.75) is 48.4 Å². The number of hydrogen-bond donors (Lipinski definition) is 1. The van der Waals surface area contributed by atoms with Crippen LogP contribution in [0.1, 0.15) is 56.7 Å². The summed E-state index contributed by atoms with van der Waals surface area (Å²) in [6.07, 6.45) is 4.11. The number of carbonyl (C=O) groups excluding carboxylic acids is 2. The first-order valence-corrected chi connectivity index (χ1v) is 18.2. The van der Waals surface area contributed by atoms with Crippen LogP contribution < -0.4 is 4.90 Å². The predicted molar refractivity (Wildman–Crippen MR) is 188 cm³/mol. The monoisotopic (exact) mass is 679 g/mol. The van der Waals surface area contributed by atoms with E-state index in [1.807, 2.05) is 0 Å². The number of aliphatic carboxylic acids is 1. The van der Waals surface area contributed by atoms with Crippen LogP contribution in [0.4, 0.5) is 5.69 Å². The van der Waals surface area contributed by atoms with Gasteiger partial charge in [0.25, 0.3) is 11.8 Å². The average molecular weight is 680 g/mol. The van der Waals surface area contributed by atoms with Crippen molar-refractivity contribution in [2.24, 2.45) is 5.92 Å². The maximum Gasteiger partial charge on any atom is 0.307 e. The number of carbonyl (C=O) groups is 3. The number of benzene rings is 4. The van der Waals surface area contributed by atoms with E-state index in [0.29, 0.717) is 29.2 Å². The minimum absolute atomic E-state index is 0.0264. The molecule has 0 radical (unpaired) electrons. The third-order valence-electron chi connectivity index (χ3n) is 9.55. The standard InChI is InChI=1S/C39H41N3O6S/c1-40(20-7-21-41-22-18-30(19-23-41)24-28-8-3-2-4-9-28)38(45)32-16-17-36-34(26-32)42(27-31-14-12-29(13-15-31)25-37(43)44)39(46)33-10-5-6-11-35(33)49(36,47)48/h2-6,8-17,26,30H,7,18-25,27H2,1H3,(H,43,44). The Hall–Kier alpha value is -4.80. The zero-order chi connectivity index (χ0) is 34.5. The predicted octanol–water partition coefficient (Wildman–Crippen LogP) is 5.72. The van der Waals surface area contributed by atoms with Gasteiger partial charge in [0.2, 0.25) is 9.84 Å². The summed E-state index contributed by atoms with van der Waals surface area (Å²) >= 11 is 0. The van der Waals surface area contributed by atoms with Gasteiger partial charge in [0.15, 0.2) is 0 Å². The Labute approximate surface area is 287 Å². The van der Waals surface area contributed by atoms with E-state index in [0.717, 1.165) is 45.3 Å². The number of anilines is 1. The number of carboxylic acid groups (broad SMARTS) is 1. The minimum Gasteiger partial charge on any atom is -0.481 e. The van der Waals surface area contributed by atoms with Gasteiger partial charge < -0.3 is 19.8 Å². The molecule has 0 unspecified atom stereocenters. The number of fused-ring (bicyclic) bond motifs is 2. The molecular formula is C39H41N3O6S. The summed E-state index contributed by atoms with van der Waals surface area (Å²) in [6, 6.07) is 28.0. The SMILES string of the molecule is CN(CCCN1CCC(Cc2ccccc2)CC1)C(=O)c1ccc2c(c1)N(Cc1ccc(CC(=O)O)cc1)C(=O)c1ccccc1S2(=O)=O. The number of hydrogen-bond acceptors (Lipinski definition) is 6. The molecule has 2 amide bonds. The zero-order valence-electron chi connectivity index (χ0n) is 27.6. The van der Waals surface area contributed by atoms with Gasteiger partial charge in [-0.3, -0.25) is 14.4 Å². The summed E-state index contributed by atoms with van der Waals surface area (Å²) in [5.41, 5.74) is 3.15. The highest BCUT2D eigenvalue weighted by atomic mass is 32.2. The molecule has 2 aliphatic heterocycles. The Balaban J connectivity index is 1.16. The van der Waals surface area contributed by atoms with Crippen LogP contribution >= 0.6 is 0 Å². The molecule has 1 fully saturated rings. The van der Waals surface area contributed by atoms with E-state index in [4.69, 9.17) is 5.11 Å². The molecule has 0 aliphatic carbocycles. The fourth-order valence-electron chi connectivity index (χ4n) is 6.83. The fraction of sp³-hybridized carbons (Fsp3) is 0.308. The van der Waals surface area contributed by atoms with Crippen LogP contribution in [0.15, 0.2) is 107 Å². The second kappa shape index (κ2) is 14.8. The van der Waals surface area contributed by atoms with E-state index in [1.54, 1.807) is 48.3 Å². The molecule has 0 aromatic heterocycles. The van der Waals surface area contributed by atoms with Crippen LogP contribution in [0, 0.1) is 5.92 Å². The maximum absolute atomic E-state index is 14.0. The second-order valence-corrected chi connectivity index (χ2v) is 14.9. The summed E-state index contributed by atoms with van der Waals surface area (Å²) in [5, 5.41) is 9.14. The van der Waals surface area contributed by atoms with Gasteiger partial charge in [0.1, 0.15) is 0 Å². The van der Waals surface area contributed by atoms with Gasteiger partial charge in [-0.15, -0.1) is 0 Å². The van der Waals surface area contributed by atoms with Crippen LogP contribution in [0.2, 0.25) is 0 Å². The lowest BCUT2D eigenvalue weighted by Gasteiger charge is -2.32. The molecule has 4 aromatic rings. The van der Waals surface area contributed by atoms with Gasteiger partial charge in [-0.05, 0) is 98.3 Å². The third-order valence-corrected chi connectivity index (χ3v) is 11.4. The first-order valence-electron chi connectivity index (χ1n) is 16.7. The molecule has 10 heteroatoms. The molecule has 254 valence electrons. The van der Waals surface area contributed by atoms with Crippen LogP contribution in [0.5, 0.6) is 0 Å². The number of amides is 2. The Morgan fingerprint density at radius 2 is 1.51 bits per heavy atom. The Morgan fingerprint density at radius 3 is 2.22 bits per heavy atom. The first-order chi connectivity index (χ1) is 23.6. The number of sulfone groups is 1. The molecule has 2 heterocycles. The molecular weight excluding hydrogens is 639 g/mol. The van der Waals surface area contributed by atoms with Crippen molar-refractivity contribution >= 4 is 33.3 Å². The van der Waals surface area contributed by atoms with E-state index in [9.17, 15) is 22.8 Å². The molecule has 0 bridgehead atoms. The van der Waals surface area contributed by atoms with Gasteiger partial charge in [-0.25, -0.2) is 8.42 Å². The lowest BCUT2D eigenvalue weighted by molar-refractivity contribution is -0.136. The van der Waals surface area contributed by atoms with Crippen LogP contribution in [0.25, 0.3) is 0 Å². The van der Waals surface area contributed by atoms with Gasteiger partial charge in [0, 0.05) is 19.2 Å². The van der Waals surface area contributed by atoms with Crippen molar-refractivity contribution < 1.29 is 27.9 Å². The Bertz CT molecular complexity index is 1940. The number of carboxylic acids is 1. The topological polar surface area (TPSA) is 115 Å². The van der Waals surface area contributed by atoms with Crippen molar-refractivity contribution in [2.75, 3.05) is 38.1 Å². The lowest BCUT2D eigenvalue weighted by atomic mass is 9.90. The highest BCUT2D eigenvalue weighted by Crippen LogP contribution is 2.38. The zero-order valence-corrected chi connectivity index (χ0v) is 28.4. The van der Waals surface area contributed by atoms with E-state index >= 15 is 0 Å². The Morgan fingerprint density at radius 1 is 0.837 bits per heavy atom. The van der Waals surface area contributed by atoms with Crippen molar-refractivity contribution in [3.05, 3.63) is 125 Å². The number of likely N-dealkylation sites (tertiary alicyclic amines) is 1. The van der Waals surface area contributed by atoms with Gasteiger partial charge >= 0.3 is 5.97 Å². The fourth-order valence-corrected chi connectivity index (χ4v) is 8.46. The maximum atomic E-state index is 14.0. The minimum atomic E-state index is -4.09. The second-order valence-electron chi connectivity index (χ2n) is 13.0. The van der Waals surface area contributed by atoms with Gasteiger partial charge in [0.05, 0.1) is 34.0 Å². The van der Waals surface area contributed by atoms with Gasteiger partial charge in [-0.1, -0.05) is 66.7 Å². The van der Waals surface area contributed by atoms with Crippen LogP contribution in [-0.2, 0) is 34.0 Å². The highest BCUT2D eigenvalue weighted by molar-refractivity contribution is 7.91. The first kappa shape index (κ1) is 34.1. The van der Waals surface area contributed by atoms with Crippen LogP contribution in [-0.4, -0.2) is 74.3 Å². The average Bonchev–Trinajstić information content (AvgIpc) is 3.17. The van der Waals surface area contributed by atoms with E-state index in [2.05, 4.69) is 35.2 Å². The normalized spacial score (nSPS) is 16.0. The summed E-state index contributed by atoms with van der Waals surface area (Å²) < 4.78 is 27.8. The quantitative estimate of drug-likeness (QED) is 0.216. The molecule has 1 N–H and O–H groups in total. The summed E-state index contributed by atoms with van der Waals surface area (Å²) in [4.78, 5) is 44.2. The summed E-state index contributed by atoms with van der Waals surface area (Å²) in [6.45, 7) is 3.55. The number of piperidine rings is 1. The van der Waals surface area contributed by atoms with Crippen LogP contribution in [0.3, 0.4) is 0 Å². The molecule has 0 spiro atoms. The highest BCUT2D eigenvalue weighted by Gasteiger charge is 2.36. The van der Waals surface area contributed by atoms with Crippen molar-refractivity contribution in [3.63, 3.8) is 0 Å². The molecule has 2 aliphatic rings. The smallest absolute Gasteiger partial charge is 0.307 e. The van der Waals surface area contributed by atoms with Gasteiger partial charge in [-0.2, -0.15) is 0 Å². The Kier molecular flexibility index (Phi) is 10.3. The molecule has 49 heavy (non-hydrogen) atoms. The largest absolute Gasteiger partial charge is 0.481 e. The summed E-state index contributed by atoms with van der Waals surface area (Å²) in [5.74, 6) is -1.02. The summed E-state index contributed by atoms with van der Waals surface area (Å²) in [7, 11) is -2.34. The molecule has 0 saturated carbocycles. The molecule has 9 nitrogen and oxygen atoms in total.